The summed E-state index contributed by atoms with van der Waals surface area (Å²) in [5.74, 6) is -1.12. The van der Waals surface area contributed by atoms with E-state index in [9.17, 15) is 14.3 Å². The number of aromatic nitrogens is 5. The summed E-state index contributed by atoms with van der Waals surface area (Å²) in [6.45, 7) is 0. The third-order valence-electron chi connectivity index (χ3n) is 4.84. The van der Waals surface area contributed by atoms with Crippen molar-refractivity contribution in [3.8, 4) is 22.4 Å². The number of rotatable bonds is 5. The molecule has 156 valence electrons. The number of H-pyrrole nitrogens is 1. The fourth-order valence-electron chi connectivity index (χ4n) is 3.39. The van der Waals surface area contributed by atoms with Crippen molar-refractivity contribution in [1.29, 1.82) is 0 Å². The maximum absolute atomic E-state index is 14.6. The van der Waals surface area contributed by atoms with Crippen molar-refractivity contribution in [3.05, 3.63) is 84.7 Å². The molecule has 3 N–H and O–H groups in total. The van der Waals surface area contributed by atoms with E-state index in [1.807, 2.05) is 6.07 Å². The van der Waals surface area contributed by atoms with E-state index >= 15 is 0 Å². The lowest BCUT2D eigenvalue weighted by atomic mass is 10.0. The van der Waals surface area contributed by atoms with Crippen molar-refractivity contribution in [3.63, 3.8) is 0 Å². The van der Waals surface area contributed by atoms with E-state index in [4.69, 9.17) is 0 Å². The molecule has 0 amide bonds. The molecule has 0 saturated carbocycles. The van der Waals surface area contributed by atoms with Gasteiger partial charge in [0.15, 0.2) is 5.65 Å². The Morgan fingerprint density at radius 1 is 0.969 bits per heavy atom. The number of nitrogens with one attached hydrogen (secondary N) is 2. The Morgan fingerprint density at radius 2 is 1.84 bits per heavy atom. The molecule has 4 heterocycles. The summed E-state index contributed by atoms with van der Waals surface area (Å²) in [6.07, 6.45) is 5.98. The number of halogens is 1. The Balaban J connectivity index is 1.63. The second-order valence-electron chi connectivity index (χ2n) is 6.95. The Hall–Kier alpha value is -4.66. The summed E-state index contributed by atoms with van der Waals surface area (Å²) in [5.41, 5.74) is 3.86. The van der Waals surface area contributed by atoms with Gasteiger partial charge in [-0.2, -0.15) is 4.98 Å². The molecule has 0 aliphatic carbocycles. The standard InChI is InChI=1S/C23H15FN6O2/c24-18-12-26-8-6-16(18)17-10-19-21(29-20(17)14-4-2-7-25-11-14)30-23(28-19)27-15-5-1-3-13(9-15)22(31)32/h1-12H,(H,31,32)(H2,27,28,29,30). The molecule has 0 radical (unpaired) electrons. The number of aromatic carboxylic acids is 1. The number of carbonyl (C=O) groups is 1. The molecule has 5 aromatic rings. The highest BCUT2D eigenvalue weighted by Gasteiger charge is 2.17. The van der Waals surface area contributed by atoms with Gasteiger partial charge in [-0.15, -0.1) is 0 Å². The molecule has 0 aliphatic heterocycles. The largest absolute Gasteiger partial charge is 0.478 e. The molecule has 0 unspecified atom stereocenters. The predicted octanol–water partition coefficient (Wildman–Crippen LogP) is 4.66. The average Bonchev–Trinajstić information content (AvgIpc) is 3.20. The molecule has 0 atom stereocenters. The fraction of sp³-hybridized carbons (Fsp3) is 0. The number of pyridine rings is 3. The number of benzene rings is 1. The fourth-order valence-corrected chi connectivity index (χ4v) is 3.39. The van der Waals surface area contributed by atoms with Gasteiger partial charge >= 0.3 is 5.97 Å². The van der Waals surface area contributed by atoms with Gasteiger partial charge in [0, 0.05) is 41.0 Å². The number of fused-ring (bicyclic) bond motifs is 1. The van der Waals surface area contributed by atoms with Crippen LogP contribution in [-0.2, 0) is 0 Å². The summed E-state index contributed by atoms with van der Waals surface area (Å²) in [6, 6.07) is 13.3. The zero-order chi connectivity index (χ0) is 22.1. The van der Waals surface area contributed by atoms with Crippen molar-refractivity contribution in [2.45, 2.75) is 0 Å². The Bertz CT molecular complexity index is 1450. The van der Waals surface area contributed by atoms with Gasteiger partial charge in [0.25, 0.3) is 0 Å². The zero-order valence-electron chi connectivity index (χ0n) is 16.5. The van der Waals surface area contributed by atoms with Crippen molar-refractivity contribution in [1.82, 2.24) is 24.9 Å². The van der Waals surface area contributed by atoms with Gasteiger partial charge in [0.05, 0.1) is 23.0 Å². The Kier molecular flexibility index (Phi) is 4.75. The van der Waals surface area contributed by atoms with Crippen LogP contribution in [0.2, 0.25) is 0 Å². The van der Waals surface area contributed by atoms with Gasteiger partial charge in [-0.3, -0.25) is 9.97 Å². The second kappa shape index (κ2) is 7.88. The number of hydrogen-bond donors (Lipinski definition) is 3. The van der Waals surface area contributed by atoms with Crippen LogP contribution in [0, 0.1) is 5.82 Å². The first-order valence-corrected chi connectivity index (χ1v) is 9.60. The third kappa shape index (κ3) is 3.63. The van der Waals surface area contributed by atoms with E-state index in [1.54, 1.807) is 42.7 Å². The maximum Gasteiger partial charge on any atom is 0.335 e. The van der Waals surface area contributed by atoms with Gasteiger partial charge < -0.3 is 15.4 Å². The minimum atomic E-state index is -1.02. The number of hydrogen-bond acceptors (Lipinski definition) is 6. The second-order valence-corrected chi connectivity index (χ2v) is 6.95. The van der Waals surface area contributed by atoms with Crippen LogP contribution in [-0.4, -0.2) is 36.0 Å². The van der Waals surface area contributed by atoms with Crippen LogP contribution in [0.25, 0.3) is 33.5 Å². The monoisotopic (exact) mass is 426 g/mol. The number of carboxylic acids is 1. The van der Waals surface area contributed by atoms with Crippen molar-refractivity contribution in [2.24, 2.45) is 0 Å². The molecule has 0 saturated heterocycles. The van der Waals surface area contributed by atoms with Crippen LogP contribution in [0.15, 0.2) is 73.3 Å². The highest BCUT2D eigenvalue weighted by atomic mass is 19.1. The summed E-state index contributed by atoms with van der Waals surface area (Å²) in [5, 5.41) is 12.2. The van der Waals surface area contributed by atoms with E-state index in [-0.39, 0.29) is 5.56 Å². The smallest absolute Gasteiger partial charge is 0.335 e. The Labute approximate surface area is 180 Å². The number of anilines is 2. The molecular weight excluding hydrogens is 411 g/mol. The molecular formula is C23H15FN6O2. The van der Waals surface area contributed by atoms with E-state index in [2.05, 4.69) is 30.2 Å². The lowest BCUT2D eigenvalue weighted by Crippen LogP contribution is -1.98. The summed E-state index contributed by atoms with van der Waals surface area (Å²) in [4.78, 5) is 31.4. The quantitative estimate of drug-likeness (QED) is 0.374. The van der Waals surface area contributed by atoms with Crippen LogP contribution < -0.4 is 5.32 Å². The van der Waals surface area contributed by atoms with E-state index in [1.165, 1.54) is 18.3 Å². The van der Waals surface area contributed by atoms with Crippen molar-refractivity contribution < 1.29 is 14.3 Å². The van der Waals surface area contributed by atoms with E-state index in [0.717, 1.165) is 6.20 Å². The highest BCUT2D eigenvalue weighted by Crippen LogP contribution is 2.34. The average molecular weight is 426 g/mol. The third-order valence-corrected chi connectivity index (χ3v) is 4.84. The number of imidazole rings is 1. The Morgan fingerprint density at radius 3 is 2.62 bits per heavy atom. The van der Waals surface area contributed by atoms with Gasteiger partial charge in [0.1, 0.15) is 5.82 Å². The molecule has 32 heavy (non-hydrogen) atoms. The first kappa shape index (κ1) is 19.3. The van der Waals surface area contributed by atoms with Crippen LogP contribution in [0.4, 0.5) is 16.0 Å². The SMILES string of the molecule is O=C(O)c1cccc(Nc2nc3nc(-c4cccnc4)c(-c4ccncc4F)cc3[nH]2)c1. The lowest BCUT2D eigenvalue weighted by Gasteiger charge is -2.09. The first-order valence-electron chi connectivity index (χ1n) is 9.60. The van der Waals surface area contributed by atoms with E-state index in [0.29, 0.717) is 45.2 Å². The van der Waals surface area contributed by atoms with Crippen LogP contribution >= 0.6 is 0 Å². The molecule has 5 rings (SSSR count). The normalized spacial score (nSPS) is 10.9. The minimum Gasteiger partial charge on any atom is -0.478 e. The minimum absolute atomic E-state index is 0.151. The van der Waals surface area contributed by atoms with Crippen LogP contribution in [0.5, 0.6) is 0 Å². The predicted molar refractivity (Wildman–Crippen MR) is 117 cm³/mol. The molecule has 8 nitrogen and oxygen atoms in total. The zero-order valence-corrected chi connectivity index (χ0v) is 16.5. The van der Waals surface area contributed by atoms with Crippen molar-refractivity contribution in [2.75, 3.05) is 5.32 Å². The van der Waals surface area contributed by atoms with Crippen LogP contribution in [0.1, 0.15) is 10.4 Å². The van der Waals surface area contributed by atoms with Gasteiger partial charge in [-0.05, 0) is 42.5 Å². The van der Waals surface area contributed by atoms with Crippen LogP contribution in [0.3, 0.4) is 0 Å². The first-order chi connectivity index (χ1) is 15.6. The molecule has 0 bridgehead atoms. The topological polar surface area (TPSA) is 117 Å². The maximum atomic E-state index is 14.6. The van der Waals surface area contributed by atoms with Gasteiger partial charge in [0.2, 0.25) is 5.95 Å². The molecule has 0 fully saturated rings. The number of nitrogens with zero attached hydrogens (tertiary/aromatic N) is 4. The molecule has 4 aromatic heterocycles. The summed E-state index contributed by atoms with van der Waals surface area (Å²) >= 11 is 0. The number of carboxylic acid groups (broad SMARTS) is 1. The van der Waals surface area contributed by atoms with Crippen molar-refractivity contribution >= 4 is 28.8 Å². The molecule has 9 heteroatoms. The highest BCUT2D eigenvalue weighted by molar-refractivity contribution is 5.90. The number of aromatic amines is 1. The molecule has 1 aromatic carbocycles. The van der Waals surface area contributed by atoms with E-state index < -0.39 is 11.8 Å². The molecule has 0 spiro atoms. The molecule has 0 aliphatic rings. The summed E-state index contributed by atoms with van der Waals surface area (Å²) in [7, 11) is 0. The van der Waals surface area contributed by atoms with Gasteiger partial charge in [-0.25, -0.2) is 14.2 Å². The summed E-state index contributed by atoms with van der Waals surface area (Å²) < 4.78 is 14.6. The lowest BCUT2D eigenvalue weighted by molar-refractivity contribution is 0.0697. The van der Waals surface area contributed by atoms with Gasteiger partial charge in [-0.1, -0.05) is 6.07 Å².